The van der Waals surface area contributed by atoms with Crippen molar-refractivity contribution >= 4 is 9.84 Å². The van der Waals surface area contributed by atoms with Crippen molar-refractivity contribution in [2.75, 3.05) is 5.75 Å². The predicted octanol–water partition coefficient (Wildman–Crippen LogP) is 2.08. The summed E-state index contributed by atoms with van der Waals surface area (Å²) >= 11 is 0. The van der Waals surface area contributed by atoms with Gasteiger partial charge in [0.2, 0.25) is 0 Å². The molecular weight excluding hydrogens is 226 g/mol. The van der Waals surface area contributed by atoms with Gasteiger partial charge in [0.25, 0.3) is 0 Å². The van der Waals surface area contributed by atoms with E-state index >= 15 is 0 Å². The summed E-state index contributed by atoms with van der Waals surface area (Å²) in [6, 6.07) is 5.07. The molecule has 0 aliphatic carbocycles. The summed E-state index contributed by atoms with van der Waals surface area (Å²) in [5.41, 5.74) is 0. The van der Waals surface area contributed by atoms with Crippen molar-refractivity contribution in [3.8, 4) is 5.75 Å². The quantitative estimate of drug-likeness (QED) is 0.803. The molecule has 0 saturated carbocycles. The van der Waals surface area contributed by atoms with Crippen LogP contribution < -0.4 is 4.74 Å². The summed E-state index contributed by atoms with van der Waals surface area (Å²) in [4.78, 5) is -0.0110. The summed E-state index contributed by atoms with van der Waals surface area (Å²) in [7, 11) is -3.38. The molecule has 3 nitrogen and oxygen atoms in total. The third-order valence-corrected chi connectivity index (χ3v) is 3.50. The monoisotopic (exact) mass is 236 g/mol. The van der Waals surface area contributed by atoms with E-state index in [9.17, 15) is 17.2 Å². The van der Waals surface area contributed by atoms with Crippen LogP contribution >= 0.6 is 0 Å². The van der Waals surface area contributed by atoms with Gasteiger partial charge in [-0.25, -0.2) is 8.42 Å². The maximum atomic E-state index is 11.9. The molecule has 0 amide bonds. The van der Waals surface area contributed by atoms with Crippen molar-refractivity contribution in [2.45, 2.75) is 18.4 Å². The highest BCUT2D eigenvalue weighted by molar-refractivity contribution is 7.91. The van der Waals surface area contributed by atoms with E-state index in [4.69, 9.17) is 0 Å². The Hall–Kier alpha value is -1.17. The van der Waals surface area contributed by atoms with E-state index in [1.165, 1.54) is 25.1 Å². The standard InChI is InChI=1S/C9H10F2O3S/c1-2-15(12,13)8-5-3-4-7(6-8)14-9(10)11/h3-6,9H,2H2,1H3. The lowest BCUT2D eigenvalue weighted by molar-refractivity contribution is -0.0499. The van der Waals surface area contributed by atoms with Crippen LogP contribution in [0.2, 0.25) is 0 Å². The number of hydrogen-bond donors (Lipinski definition) is 0. The first kappa shape index (κ1) is 11.9. The molecule has 0 N–H and O–H groups in total. The predicted molar refractivity (Wildman–Crippen MR) is 50.8 cm³/mol. The van der Waals surface area contributed by atoms with Gasteiger partial charge in [0.05, 0.1) is 10.6 Å². The van der Waals surface area contributed by atoms with Crippen molar-refractivity contribution in [3.05, 3.63) is 24.3 Å². The molecule has 0 atom stereocenters. The normalized spacial score (nSPS) is 11.7. The Kier molecular flexibility index (Phi) is 3.62. The largest absolute Gasteiger partial charge is 0.435 e. The highest BCUT2D eigenvalue weighted by Gasteiger charge is 2.13. The molecule has 15 heavy (non-hydrogen) atoms. The fourth-order valence-corrected chi connectivity index (χ4v) is 1.93. The van der Waals surface area contributed by atoms with Crippen molar-refractivity contribution in [1.82, 2.24) is 0 Å². The zero-order valence-corrected chi connectivity index (χ0v) is 8.80. The van der Waals surface area contributed by atoms with E-state index in [1.807, 2.05) is 0 Å². The second-order valence-electron chi connectivity index (χ2n) is 2.76. The number of sulfone groups is 1. The zero-order valence-electron chi connectivity index (χ0n) is 7.98. The number of rotatable bonds is 4. The molecule has 1 aromatic carbocycles. The molecule has 0 unspecified atom stereocenters. The minimum Gasteiger partial charge on any atom is -0.435 e. The Bertz CT molecular complexity index is 429. The van der Waals surface area contributed by atoms with Gasteiger partial charge in [-0.3, -0.25) is 0 Å². The Balaban J connectivity index is 3.03. The van der Waals surface area contributed by atoms with Crippen LogP contribution in [0.25, 0.3) is 0 Å². The van der Waals surface area contributed by atoms with Crippen molar-refractivity contribution in [3.63, 3.8) is 0 Å². The van der Waals surface area contributed by atoms with Gasteiger partial charge in [-0.15, -0.1) is 0 Å². The Labute approximate surface area is 86.6 Å². The van der Waals surface area contributed by atoms with E-state index in [0.717, 1.165) is 6.07 Å². The van der Waals surface area contributed by atoms with Crippen LogP contribution in [0.15, 0.2) is 29.2 Å². The molecule has 0 spiro atoms. The SMILES string of the molecule is CCS(=O)(=O)c1cccc(OC(F)F)c1. The summed E-state index contributed by atoms with van der Waals surface area (Å²) < 4.78 is 50.6. The molecule has 0 aliphatic rings. The smallest absolute Gasteiger partial charge is 0.387 e. The van der Waals surface area contributed by atoms with Gasteiger partial charge in [-0.05, 0) is 18.2 Å². The van der Waals surface area contributed by atoms with Crippen LogP contribution in [0.4, 0.5) is 8.78 Å². The van der Waals surface area contributed by atoms with Crippen molar-refractivity contribution in [2.24, 2.45) is 0 Å². The Morgan fingerprint density at radius 2 is 2.07 bits per heavy atom. The molecular formula is C9H10F2O3S. The number of halogens is 2. The molecule has 0 heterocycles. The first-order chi connectivity index (χ1) is 6.95. The highest BCUT2D eigenvalue weighted by Crippen LogP contribution is 2.19. The average molecular weight is 236 g/mol. The van der Waals surface area contributed by atoms with Gasteiger partial charge in [-0.1, -0.05) is 13.0 Å². The minimum atomic E-state index is -3.38. The fourth-order valence-electron chi connectivity index (χ4n) is 1.01. The van der Waals surface area contributed by atoms with E-state index in [0.29, 0.717) is 0 Å². The number of alkyl halides is 2. The van der Waals surface area contributed by atoms with Gasteiger partial charge >= 0.3 is 6.61 Å². The zero-order chi connectivity index (χ0) is 11.5. The topological polar surface area (TPSA) is 43.4 Å². The van der Waals surface area contributed by atoms with Crippen molar-refractivity contribution < 1.29 is 21.9 Å². The lowest BCUT2D eigenvalue weighted by Gasteiger charge is -2.06. The average Bonchev–Trinajstić information content (AvgIpc) is 2.17. The molecule has 0 fully saturated rings. The number of ether oxygens (including phenoxy) is 1. The molecule has 0 bridgehead atoms. The first-order valence-electron chi connectivity index (χ1n) is 4.23. The maximum Gasteiger partial charge on any atom is 0.387 e. The van der Waals surface area contributed by atoms with Gasteiger partial charge in [0, 0.05) is 0 Å². The lowest BCUT2D eigenvalue weighted by atomic mass is 10.3. The second-order valence-corrected chi connectivity index (χ2v) is 5.04. The van der Waals surface area contributed by atoms with Crippen molar-refractivity contribution in [1.29, 1.82) is 0 Å². The molecule has 0 saturated heterocycles. The van der Waals surface area contributed by atoms with Crippen LogP contribution in [0, 0.1) is 0 Å². The summed E-state index contributed by atoms with van der Waals surface area (Å²) in [5, 5.41) is 0. The van der Waals surface area contributed by atoms with Crippen LogP contribution in [0.5, 0.6) is 5.75 Å². The molecule has 1 aromatic rings. The molecule has 0 radical (unpaired) electrons. The van der Waals surface area contributed by atoms with Crippen LogP contribution in [-0.2, 0) is 9.84 Å². The van der Waals surface area contributed by atoms with Gasteiger partial charge < -0.3 is 4.74 Å². The van der Waals surface area contributed by atoms with E-state index in [2.05, 4.69) is 4.74 Å². The molecule has 1 rings (SSSR count). The van der Waals surface area contributed by atoms with Crippen LogP contribution in [0.3, 0.4) is 0 Å². The lowest BCUT2D eigenvalue weighted by Crippen LogP contribution is -2.06. The molecule has 6 heteroatoms. The maximum absolute atomic E-state index is 11.9. The van der Waals surface area contributed by atoms with E-state index in [-0.39, 0.29) is 16.4 Å². The summed E-state index contributed by atoms with van der Waals surface area (Å²) in [6.07, 6.45) is 0. The fraction of sp³-hybridized carbons (Fsp3) is 0.333. The summed E-state index contributed by atoms with van der Waals surface area (Å²) in [5.74, 6) is -0.231. The minimum absolute atomic E-state index is 0.0110. The van der Waals surface area contributed by atoms with Gasteiger partial charge in [0.15, 0.2) is 9.84 Å². The first-order valence-corrected chi connectivity index (χ1v) is 5.88. The highest BCUT2D eigenvalue weighted by atomic mass is 32.2. The number of benzene rings is 1. The third kappa shape index (κ3) is 3.16. The van der Waals surface area contributed by atoms with E-state index < -0.39 is 16.4 Å². The number of hydrogen-bond acceptors (Lipinski definition) is 3. The van der Waals surface area contributed by atoms with Gasteiger partial charge in [0.1, 0.15) is 5.75 Å². The Morgan fingerprint density at radius 3 is 2.60 bits per heavy atom. The Morgan fingerprint density at radius 1 is 1.40 bits per heavy atom. The third-order valence-electron chi connectivity index (χ3n) is 1.77. The second kappa shape index (κ2) is 4.57. The summed E-state index contributed by atoms with van der Waals surface area (Å²) in [6.45, 7) is -1.47. The van der Waals surface area contributed by atoms with Crippen LogP contribution in [0.1, 0.15) is 6.92 Å². The van der Waals surface area contributed by atoms with E-state index in [1.54, 1.807) is 0 Å². The molecule has 0 aliphatic heterocycles. The molecule has 0 aromatic heterocycles. The molecule has 84 valence electrons. The van der Waals surface area contributed by atoms with Crippen LogP contribution in [-0.4, -0.2) is 20.8 Å². The van der Waals surface area contributed by atoms with Gasteiger partial charge in [-0.2, -0.15) is 8.78 Å².